The number of benzene rings is 1. The Morgan fingerprint density at radius 2 is 2.18 bits per heavy atom. The topological polar surface area (TPSA) is 55.1 Å². The van der Waals surface area contributed by atoms with E-state index in [1.165, 1.54) is 6.07 Å². The molecule has 1 aliphatic rings. The van der Waals surface area contributed by atoms with Gasteiger partial charge in [0, 0.05) is 5.69 Å². The highest BCUT2D eigenvalue weighted by Gasteiger charge is 2.44. The predicted molar refractivity (Wildman–Crippen MR) is 65.1 cm³/mol. The van der Waals surface area contributed by atoms with Crippen LogP contribution in [0, 0.1) is 18.7 Å². The van der Waals surface area contributed by atoms with Crippen LogP contribution in [0.15, 0.2) is 18.2 Å². The minimum absolute atomic E-state index is 0.247. The summed E-state index contributed by atoms with van der Waals surface area (Å²) >= 11 is 0. The highest BCUT2D eigenvalue weighted by molar-refractivity contribution is 5.98. The van der Waals surface area contributed by atoms with E-state index in [4.69, 9.17) is 5.73 Å². The number of hydrogen-bond donors (Lipinski definition) is 2. The molecule has 1 atom stereocenters. The molecule has 1 unspecified atom stereocenters. The number of rotatable bonds is 3. The van der Waals surface area contributed by atoms with Crippen LogP contribution in [0.25, 0.3) is 0 Å². The van der Waals surface area contributed by atoms with Crippen molar-refractivity contribution in [2.75, 3.05) is 5.32 Å². The van der Waals surface area contributed by atoms with Crippen LogP contribution in [0.4, 0.5) is 10.1 Å². The molecule has 1 aromatic rings. The molecule has 0 bridgehead atoms. The van der Waals surface area contributed by atoms with Crippen molar-refractivity contribution in [2.45, 2.75) is 32.2 Å². The second kappa shape index (κ2) is 4.11. The van der Waals surface area contributed by atoms with E-state index < -0.39 is 5.54 Å². The monoisotopic (exact) mass is 236 g/mol. The number of carbonyl (C=O) groups excluding carboxylic acids is 1. The Labute approximate surface area is 100 Å². The van der Waals surface area contributed by atoms with Gasteiger partial charge >= 0.3 is 0 Å². The Balaban J connectivity index is 2.10. The molecule has 0 aromatic heterocycles. The number of nitrogens with two attached hydrogens (primary N) is 1. The Kier molecular flexibility index (Phi) is 2.91. The summed E-state index contributed by atoms with van der Waals surface area (Å²) in [6, 6.07) is 4.63. The lowest BCUT2D eigenvalue weighted by Crippen LogP contribution is -2.50. The highest BCUT2D eigenvalue weighted by Crippen LogP contribution is 2.38. The van der Waals surface area contributed by atoms with Gasteiger partial charge in [-0.15, -0.1) is 0 Å². The Morgan fingerprint density at radius 1 is 1.53 bits per heavy atom. The summed E-state index contributed by atoms with van der Waals surface area (Å²) in [4.78, 5) is 12.0. The molecule has 1 aromatic carbocycles. The molecule has 1 saturated carbocycles. The fourth-order valence-corrected chi connectivity index (χ4v) is 1.80. The molecule has 0 radical (unpaired) electrons. The largest absolute Gasteiger partial charge is 0.324 e. The van der Waals surface area contributed by atoms with E-state index in [0.29, 0.717) is 11.3 Å². The molecule has 0 heterocycles. The third-order valence-electron chi connectivity index (χ3n) is 3.34. The van der Waals surface area contributed by atoms with Crippen LogP contribution in [0.2, 0.25) is 0 Å². The van der Waals surface area contributed by atoms with Crippen molar-refractivity contribution in [3.05, 3.63) is 29.6 Å². The summed E-state index contributed by atoms with van der Waals surface area (Å²) in [6.45, 7) is 3.41. The predicted octanol–water partition coefficient (Wildman–Crippen LogP) is 2.20. The van der Waals surface area contributed by atoms with E-state index in [1.807, 2.05) is 0 Å². The lowest BCUT2D eigenvalue weighted by atomic mass is 9.96. The molecule has 1 amide bonds. The number of amides is 1. The van der Waals surface area contributed by atoms with Crippen LogP contribution in [0.5, 0.6) is 0 Å². The minimum Gasteiger partial charge on any atom is -0.324 e. The fourth-order valence-electron chi connectivity index (χ4n) is 1.80. The van der Waals surface area contributed by atoms with Crippen LogP contribution in [0.1, 0.15) is 25.3 Å². The zero-order valence-electron chi connectivity index (χ0n) is 10.1. The molecule has 2 rings (SSSR count). The maximum atomic E-state index is 13.3. The van der Waals surface area contributed by atoms with Gasteiger partial charge in [0.15, 0.2) is 0 Å². The van der Waals surface area contributed by atoms with Crippen molar-refractivity contribution in [2.24, 2.45) is 11.7 Å². The third-order valence-corrected chi connectivity index (χ3v) is 3.34. The van der Waals surface area contributed by atoms with Crippen molar-refractivity contribution < 1.29 is 9.18 Å². The molecule has 17 heavy (non-hydrogen) atoms. The normalized spacial score (nSPS) is 18.6. The van der Waals surface area contributed by atoms with Gasteiger partial charge in [0.05, 0.1) is 5.54 Å². The molecule has 1 aliphatic carbocycles. The number of nitrogens with one attached hydrogen (secondary N) is 1. The van der Waals surface area contributed by atoms with Gasteiger partial charge in [-0.05, 0) is 50.3 Å². The van der Waals surface area contributed by atoms with Gasteiger partial charge in [-0.2, -0.15) is 0 Å². The number of aryl methyl sites for hydroxylation is 1. The highest BCUT2D eigenvalue weighted by atomic mass is 19.1. The van der Waals surface area contributed by atoms with Gasteiger partial charge in [-0.25, -0.2) is 4.39 Å². The molecular formula is C13H17FN2O. The van der Waals surface area contributed by atoms with Crippen LogP contribution in [-0.2, 0) is 4.79 Å². The first-order valence-electron chi connectivity index (χ1n) is 5.77. The maximum Gasteiger partial charge on any atom is 0.244 e. The SMILES string of the molecule is Cc1ccc(NC(=O)C(C)(N)C2CC2)cc1F. The van der Waals surface area contributed by atoms with Gasteiger partial charge in [0.1, 0.15) is 5.82 Å². The first-order chi connectivity index (χ1) is 7.91. The Morgan fingerprint density at radius 3 is 2.71 bits per heavy atom. The van der Waals surface area contributed by atoms with Gasteiger partial charge in [-0.1, -0.05) is 6.07 Å². The average Bonchev–Trinajstić information content (AvgIpc) is 3.07. The second-order valence-corrected chi connectivity index (χ2v) is 4.98. The molecule has 1 fully saturated rings. The number of carbonyl (C=O) groups is 1. The van der Waals surface area contributed by atoms with Crippen molar-refractivity contribution in [3.63, 3.8) is 0 Å². The van der Waals surface area contributed by atoms with Crippen LogP contribution in [0.3, 0.4) is 0 Å². The Hall–Kier alpha value is -1.42. The van der Waals surface area contributed by atoms with Crippen LogP contribution < -0.4 is 11.1 Å². The summed E-state index contributed by atoms with van der Waals surface area (Å²) in [6.07, 6.45) is 1.98. The summed E-state index contributed by atoms with van der Waals surface area (Å²) in [7, 11) is 0. The quantitative estimate of drug-likeness (QED) is 0.845. The zero-order chi connectivity index (χ0) is 12.6. The number of halogens is 1. The molecule has 0 spiro atoms. The first kappa shape index (κ1) is 12.0. The van der Waals surface area contributed by atoms with Crippen LogP contribution in [-0.4, -0.2) is 11.4 Å². The van der Waals surface area contributed by atoms with Crippen LogP contribution >= 0.6 is 0 Å². The number of hydrogen-bond acceptors (Lipinski definition) is 2. The maximum absolute atomic E-state index is 13.3. The smallest absolute Gasteiger partial charge is 0.244 e. The van der Waals surface area contributed by atoms with E-state index in [2.05, 4.69) is 5.32 Å². The lowest BCUT2D eigenvalue weighted by Gasteiger charge is -2.23. The van der Waals surface area contributed by atoms with E-state index in [1.54, 1.807) is 26.0 Å². The molecular weight excluding hydrogens is 219 g/mol. The minimum atomic E-state index is -0.860. The van der Waals surface area contributed by atoms with Crippen molar-refractivity contribution in [3.8, 4) is 0 Å². The lowest BCUT2D eigenvalue weighted by molar-refractivity contribution is -0.121. The van der Waals surface area contributed by atoms with Gasteiger partial charge in [0.25, 0.3) is 0 Å². The van der Waals surface area contributed by atoms with E-state index >= 15 is 0 Å². The molecule has 0 aliphatic heterocycles. The van der Waals surface area contributed by atoms with Gasteiger partial charge < -0.3 is 11.1 Å². The molecule has 0 saturated heterocycles. The molecule has 3 N–H and O–H groups in total. The fraction of sp³-hybridized carbons (Fsp3) is 0.462. The zero-order valence-corrected chi connectivity index (χ0v) is 10.1. The third kappa shape index (κ3) is 2.47. The van der Waals surface area contributed by atoms with E-state index in [-0.39, 0.29) is 17.6 Å². The van der Waals surface area contributed by atoms with Gasteiger partial charge in [0.2, 0.25) is 5.91 Å². The summed E-state index contributed by atoms with van der Waals surface area (Å²) < 4.78 is 13.3. The Bertz CT molecular complexity index is 453. The molecule has 3 nitrogen and oxygen atoms in total. The van der Waals surface area contributed by atoms with Crippen molar-refractivity contribution in [1.82, 2.24) is 0 Å². The van der Waals surface area contributed by atoms with E-state index in [0.717, 1.165) is 12.8 Å². The molecule has 92 valence electrons. The average molecular weight is 236 g/mol. The number of anilines is 1. The first-order valence-corrected chi connectivity index (χ1v) is 5.77. The van der Waals surface area contributed by atoms with Crippen molar-refractivity contribution in [1.29, 1.82) is 0 Å². The summed E-state index contributed by atoms with van der Waals surface area (Å²) in [5, 5.41) is 2.67. The summed E-state index contributed by atoms with van der Waals surface area (Å²) in [5.41, 5.74) is 6.13. The molecule has 4 heteroatoms. The van der Waals surface area contributed by atoms with Crippen molar-refractivity contribution >= 4 is 11.6 Å². The van der Waals surface area contributed by atoms with Gasteiger partial charge in [-0.3, -0.25) is 4.79 Å². The standard InChI is InChI=1S/C13H17FN2O/c1-8-3-6-10(7-11(8)14)16-12(17)13(2,15)9-4-5-9/h3,6-7,9H,4-5,15H2,1-2H3,(H,16,17). The second-order valence-electron chi connectivity index (χ2n) is 4.98. The van der Waals surface area contributed by atoms with E-state index in [9.17, 15) is 9.18 Å². The summed E-state index contributed by atoms with van der Waals surface area (Å²) in [5.74, 6) is -0.325.